The zero-order valence-corrected chi connectivity index (χ0v) is 29.4. The van der Waals surface area contributed by atoms with Crippen LogP contribution in [0.2, 0.25) is 0 Å². The van der Waals surface area contributed by atoms with Gasteiger partial charge < -0.3 is 14.2 Å². The summed E-state index contributed by atoms with van der Waals surface area (Å²) in [5.74, 6) is 0.902. The molecule has 1 saturated heterocycles. The minimum atomic E-state index is -3.82. The second kappa shape index (κ2) is 16.9. The van der Waals surface area contributed by atoms with Crippen molar-refractivity contribution in [1.82, 2.24) is 4.90 Å². The number of ketones is 2. The van der Waals surface area contributed by atoms with Crippen molar-refractivity contribution >= 4 is 49.0 Å². The molecule has 0 atom stereocenters. The summed E-state index contributed by atoms with van der Waals surface area (Å²) in [6, 6.07) is 18.8. The van der Waals surface area contributed by atoms with Crippen LogP contribution in [-0.2, 0) is 24.8 Å². The van der Waals surface area contributed by atoms with Crippen LogP contribution in [0.1, 0.15) is 33.2 Å². The van der Waals surface area contributed by atoms with Crippen LogP contribution < -0.4 is 19.8 Å². The third-order valence-electron chi connectivity index (χ3n) is 7.36. The van der Waals surface area contributed by atoms with E-state index < -0.39 is 20.0 Å². The molecule has 2 heterocycles. The monoisotopic (exact) mass is 727 g/mol. The average Bonchev–Trinajstić information content (AvgIpc) is 3.62. The van der Waals surface area contributed by atoms with Crippen LogP contribution in [0, 0.1) is 0 Å². The van der Waals surface area contributed by atoms with Crippen molar-refractivity contribution in [1.29, 1.82) is 0 Å². The molecule has 4 N–H and O–H groups in total. The summed E-state index contributed by atoms with van der Waals surface area (Å²) in [5.41, 5.74) is 2.45. The Balaban J connectivity index is 0.000000350. The summed E-state index contributed by atoms with van der Waals surface area (Å²) in [6.07, 6.45) is 3.15. The fourth-order valence-corrected chi connectivity index (χ4v) is 6.46. The van der Waals surface area contributed by atoms with E-state index in [1.165, 1.54) is 61.5 Å². The number of ether oxygens (including phenoxy) is 3. The third-order valence-corrected chi connectivity index (χ3v) is 10.1. The van der Waals surface area contributed by atoms with Crippen LogP contribution in [0.25, 0.3) is 16.5 Å². The highest BCUT2D eigenvalue weighted by molar-refractivity contribution is 7.89. The second-order valence-electron chi connectivity index (χ2n) is 10.8. The van der Waals surface area contributed by atoms with E-state index >= 15 is 0 Å². The van der Waals surface area contributed by atoms with Gasteiger partial charge in [-0.2, -0.15) is 0 Å². The summed E-state index contributed by atoms with van der Waals surface area (Å²) in [6.45, 7) is 5.83. The molecule has 0 unspecified atom stereocenters. The van der Waals surface area contributed by atoms with Gasteiger partial charge in [0.05, 0.1) is 30.1 Å². The van der Waals surface area contributed by atoms with Gasteiger partial charge in [0.1, 0.15) is 18.1 Å². The maximum absolute atomic E-state index is 12.8. The zero-order valence-electron chi connectivity index (χ0n) is 26.9. The van der Waals surface area contributed by atoms with Gasteiger partial charge in [-0.25, -0.2) is 27.1 Å². The van der Waals surface area contributed by atoms with Crippen molar-refractivity contribution in [2.24, 2.45) is 10.3 Å². The van der Waals surface area contributed by atoms with E-state index in [-0.39, 0.29) is 21.4 Å². The Bertz CT molecular complexity index is 1990. The van der Waals surface area contributed by atoms with Crippen LogP contribution in [0.4, 0.5) is 0 Å². The molecule has 0 amide bonds. The maximum atomic E-state index is 12.8. The molecular weight excluding hydrogens is 691 g/mol. The number of nitrogens with two attached hydrogens (primary N) is 2. The number of morpholine rings is 1. The van der Waals surface area contributed by atoms with Gasteiger partial charge in [-0.3, -0.25) is 14.5 Å². The van der Waals surface area contributed by atoms with Gasteiger partial charge in [-0.05, 0) is 73.0 Å². The minimum absolute atomic E-state index is 0.0116. The molecule has 260 valence electrons. The highest BCUT2D eigenvalue weighted by atomic mass is 32.2. The van der Waals surface area contributed by atoms with Gasteiger partial charge >= 0.3 is 0 Å². The predicted octanol–water partition coefficient (Wildman–Crippen LogP) is 4.21. The fourth-order valence-electron chi connectivity index (χ4n) is 4.69. The topological polar surface area (TPSA) is 185 Å². The van der Waals surface area contributed by atoms with Gasteiger partial charge in [-0.15, -0.1) is 11.3 Å². The molecule has 15 heteroatoms. The number of Topliss-reactive ketones (excluding diaryl/α,β-unsaturated/α-hetero) is 1. The van der Waals surface area contributed by atoms with E-state index in [0.29, 0.717) is 29.2 Å². The van der Waals surface area contributed by atoms with Crippen LogP contribution in [0.5, 0.6) is 11.5 Å². The Kier molecular flexibility index (Phi) is 13.0. The van der Waals surface area contributed by atoms with E-state index in [4.69, 9.17) is 24.5 Å². The lowest BCUT2D eigenvalue weighted by Crippen LogP contribution is -2.38. The van der Waals surface area contributed by atoms with Crippen LogP contribution in [-0.4, -0.2) is 79.9 Å². The highest BCUT2D eigenvalue weighted by Gasteiger charge is 2.16. The summed E-state index contributed by atoms with van der Waals surface area (Å²) < 4.78 is 61.8. The summed E-state index contributed by atoms with van der Waals surface area (Å²) in [4.78, 5) is 26.9. The average molecular weight is 728 g/mol. The quantitative estimate of drug-likeness (QED) is 0.158. The number of carbonyl (C=O) groups is 2. The van der Waals surface area contributed by atoms with E-state index in [0.717, 1.165) is 48.9 Å². The van der Waals surface area contributed by atoms with Crippen molar-refractivity contribution in [2.45, 2.75) is 16.7 Å². The van der Waals surface area contributed by atoms with Crippen LogP contribution >= 0.6 is 11.3 Å². The van der Waals surface area contributed by atoms with E-state index in [9.17, 15) is 26.4 Å². The molecule has 4 aromatic rings. The molecule has 12 nitrogen and oxygen atoms in total. The van der Waals surface area contributed by atoms with Gasteiger partial charge in [0.2, 0.25) is 20.0 Å². The Morgan fingerprint density at radius 2 is 1.47 bits per heavy atom. The zero-order chi connectivity index (χ0) is 35.6. The number of sulfonamides is 2. The Hall–Kier alpha value is -4.22. The lowest BCUT2D eigenvalue weighted by molar-refractivity contribution is 0.0322. The molecule has 1 aromatic heterocycles. The normalized spacial score (nSPS) is 13.8. The number of hydrogen-bond donors (Lipinski definition) is 2. The number of nitrogens with zero attached hydrogens (tertiary/aromatic N) is 1. The molecule has 3 aromatic carbocycles. The highest BCUT2D eigenvalue weighted by Crippen LogP contribution is 2.39. The van der Waals surface area contributed by atoms with Gasteiger partial charge in [0, 0.05) is 52.8 Å². The molecule has 1 fully saturated rings. The molecule has 0 spiro atoms. The van der Waals surface area contributed by atoms with Crippen molar-refractivity contribution in [3.8, 4) is 21.9 Å². The Labute approximate surface area is 290 Å². The first kappa shape index (κ1) is 37.6. The van der Waals surface area contributed by atoms with Crippen molar-refractivity contribution in [3.63, 3.8) is 0 Å². The molecule has 0 bridgehead atoms. The van der Waals surface area contributed by atoms with Gasteiger partial charge in [-0.1, -0.05) is 18.2 Å². The standard InChI is InChI=1S/C26H28N2O6S2.C8H9NO3S/c1-32-25-18-24(34-15-12-28-10-13-33-14-11-28)20(17-22(25)26-3-2-16-35-26)6-9-23(29)19-4-7-21(8-5-19)36(27,30)31;1-6(10)7-2-4-8(5-3-7)13(9,11)12/h2-9,16-18H,10-15H2,1H3,(H2,27,30,31);2-5H,1H3,(H2,9,11,12)/b9-6+;. The number of methoxy groups -OCH3 is 1. The number of allylic oxidation sites excluding steroid dienone is 1. The lowest BCUT2D eigenvalue weighted by Gasteiger charge is -2.26. The smallest absolute Gasteiger partial charge is 0.238 e. The number of carbonyl (C=O) groups excluding carboxylic acids is 2. The van der Waals surface area contributed by atoms with Gasteiger partial charge in [0.15, 0.2) is 11.6 Å². The molecule has 1 aliphatic rings. The number of primary sulfonamides is 2. The molecule has 49 heavy (non-hydrogen) atoms. The largest absolute Gasteiger partial charge is 0.496 e. The SMILES string of the molecule is CC(=O)c1ccc(S(N)(=O)=O)cc1.COc1cc(OCCN2CCOCC2)c(/C=C/C(=O)c2ccc(S(N)(=O)=O)cc2)cc1-c1cccs1. The molecular formula is C34H37N3O9S3. The van der Waals surface area contributed by atoms with E-state index in [2.05, 4.69) is 4.90 Å². The first-order valence-electron chi connectivity index (χ1n) is 14.9. The first-order chi connectivity index (χ1) is 23.3. The second-order valence-corrected chi connectivity index (χ2v) is 14.8. The summed E-state index contributed by atoms with van der Waals surface area (Å²) in [5, 5.41) is 12.0. The number of thiophene rings is 1. The number of rotatable bonds is 12. The summed E-state index contributed by atoms with van der Waals surface area (Å²) >= 11 is 1.59. The molecule has 0 radical (unpaired) electrons. The van der Waals surface area contributed by atoms with Crippen LogP contribution in [0.15, 0.2) is 94.0 Å². The Morgan fingerprint density at radius 1 is 0.878 bits per heavy atom. The molecule has 0 aliphatic carbocycles. The first-order valence-corrected chi connectivity index (χ1v) is 18.9. The fraction of sp³-hybridized carbons (Fsp3) is 0.235. The number of benzene rings is 3. The number of hydrogen-bond acceptors (Lipinski definition) is 11. The van der Waals surface area contributed by atoms with Crippen molar-refractivity contribution in [3.05, 3.63) is 101 Å². The molecule has 1 aliphatic heterocycles. The minimum Gasteiger partial charge on any atom is -0.496 e. The van der Waals surface area contributed by atoms with Gasteiger partial charge in [0.25, 0.3) is 0 Å². The molecule has 0 saturated carbocycles. The lowest BCUT2D eigenvalue weighted by atomic mass is 10.0. The van der Waals surface area contributed by atoms with Crippen LogP contribution in [0.3, 0.4) is 0 Å². The summed E-state index contributed by atoms with van der Waals surface area (Å²) in [7, 11) is -5.86. The molecule has 5 rings (SSSR count). The van der Waals surface area contributed by atoms with Crippen molar-refractivity contribution < 1.29 is 40.6 Å². The maximum Gasteiger partial charge on any atom is 0.238 e. The van der Waals surface area contributed by atoms with Crippen molar-refractivity contribution in [2.75, 3.05) is 46.6 Å². The Morgan fingerprint density at radius 3 is 1.98 bits per heavy atom. The predicted molar refractivity (Wildman–Crippen MR) is 188 cm³/mol. The van der Waals surface area contributed by atoms with E-state index in [1.807, 2.05) is 29.6 Å². The van der Waals surface area contributed by atoms with E-state index in [1.54, 1.807) is 24.5 Å². The third kappa shape index (κ3) is 10.9.